The number of benzene rings is 1. The average molecular weight is 385 g/mol. The first-order valence-electron chi connectivity index (χ1n) is 9.60. The van der Waals surface area contributed by atoms with Gasteiger partial charge < -0.3 is 19.3 Å². The third kappa shape index (κ3) is 1.92. The molecule has 0 saturated carbocycles. The van der Waals surface area contributed by atoms with Crippen LogP contribution in [0.3, 0.4) is 0 Å². The molecule has 1 spiro atoms. The maximum Gasteiger partial charge on any atom is 0.307 e. The van der Waals surface area contributed by atoms with Crippen molar-refractivity contribution in [3.05, 3.63) is 35.1 Å². The second-order valence-corrected chi connectivity index (χ2v) is 8.26. The molecule has 0 amide bonds. The number of nitrogens with zero attached hydrogens (tertiary/aromatic N) is 1. The van der Waals surface area contributed by atoms with Crippen LogP contribution in [0.15, 0.2) is 24.0 Å². The van der Waals surface area contributed by atoms with Crippen molar-refractivity contribution in [2.24, 2.45) is 0 Å². The van der Waals surface area contributed by atoms with Gasteiger partial charge in [0.25, 0.3) is 0 Å². The van der Waals surface area contributed by atoms with E-state index in [4.69, 9.17) is 14.2 Å². The van der Waals surface area contributed by atoms with E-state index in [1.54, 1.807) is 6.07 Å². The molecule has 28 heavy (non-hydrogen) atoms. The van der Waals surface area contributed by atoms with E-state index in [1.807, 2.05) is 19.2 Å². The predicted octanol–water partition coefficient (Wildman–Crippen LogP) is 1.80. The zero-order valence-electron chi connectivity index (χ0n) is 16.2. The Kier molecular flexibility index (Phi) is 3.45. The Bertz CT molecular complexity index is 939. The summed E-state index contributed by atoms with van der Waals surface area (Å²) in [6.07, 6.45) is 2.98. The van der Waals surface area contributed by atoms with Crippen LogP contribution in [0.1, 0.15) is 37.8 Å². The van der Waals surface area contributed by atoms with E-state index in [0.717, 1.165) is 17.7 Å². The minimum atomic E-state index is -0.841. The molecule has 2 heterocycles. The first-order chi connectivity index (χ1) is 13.3. The molecule has 2 bridgehead atoms. The van der Waals surface area contributed by atoms with Gasteiger partial charge in [0.1, 0.15) is 11.4 Å². The summed E-state index contributed by atoms with van der Waals surface area (Å²) in [6.45, 7) is 3.57. The van der Waals surface area contributed by atoms with Crippen molar-refractivity contribution < 1.29 is 28.9 Å². The van der Waals surface area contributed by atoms with E-state index in [2.05, 4.69) is 4.90 Å². The summed E-state index contributed by atoms with van der Waals surface area (Å²) >= 11 is 0. The lowest BCUT2D eigenvalue weighted by atomic mass is 9.50. The van der Waals surface area contributed by atoms with Crippen molar-refractivity contribution in [3.63, 3.8) is 0 Å². The van der Waals surface area contributed by atoms with E-state index in [-0.39, 0.29) is 17.8 Å². The molecular formula is C21H23NO6. The van der Waals surface area contributed by atoms with Crippen LogP contribution in [-0.2, 0) is 30.9 Å². The molecule has 1 aromatic carbocycles. The fourth-order valence-corrected chi connectivity index (χ4v) is 6.03. The number of esters is 2. The first kappa shape index (κ1) is 17.6. The van der Waals surface area contributed by atoms with Gasteiger partial charge in [0.15, 0.2) is 17.6 Å². The van der Waals surface area contributed by atoms with Crippen molar-refractivity contribution in [1.82, 2.24) is 4.90 Å². The number of likely N-dealkylation sites (tertiary alicyclic amines) is 1. The fraction of sp³-hybridized carbons (Fsp3) is 0.524. The number of phenolic OH excluding ortho intramolecular Hbond substituents is 1. The molecule has 2 aliphatic carbocycles. The summed E-state index contributed by atoms with van der Waals surface area (Å²) in [5.74, 6) is 0.134. The smallest absolute Gasteiger partial charge is 0.307 e. The van der Waals surface area contributed by atoms with Crippen LogP contribution >= 0.6 is 0 Å². The SMILES string of the molecule is CC(=O)OC1=CCC2(OC(C)=O)C3Cc4ccc(O)c5c4C2(CCN3C)C1O5. The molecule has 4 unspecified atom stereocenters. The quantitative estimate of drug-likeness (QED) is 0.777. The highest BCUT2D eigenvalue weighted by atomic mass is 16.6. The third-order valence-corrected chi connectivity index (χ3v) is 6.90. The lowest BCUT2D eigenvalue weighted by molar-refractivity contribution is -0.204. The molecule has 1 N–H and O–H groups in total. The van der Waals surface area contributed by atoms with Crippen molar-refractivity contribution in [2.75, 3.05) is 13.6 Å². The van der Waals surface area contributed by atoms with E-state index < -0.39 is 23.1 Å². The van der Waals surface area contributed by atoms with E-state index in [9.17, 15) is 14.7 Å². The number of ether oxygens (including phenoxy) is 3. The number of hydrogen-bond donors (Lipinski definition) is 1. The lowest BCUT2D eigenvalue weighted by Crippen LogP contribution is -2.75. The van der Waals surface area contributed by atoms with Gasteiger partial charge in [-0.1, -0.05) is 6.07 Å². The average Bonchev–Trinajstić information content (AvgIpc) is 2.97. The van der Waals surface area contributed by atoms with Gasteiger partial charge in [-0.3, -0.25) is 14.5 Å². The van der Waals surface area contributed by atoms with E-state index >= 15 is 0 Å². The standard InChI is InChI=1S/C21H23NO6/c1-11(23)26-15-6-7-21(28-12(2)24)16-10-13-4-5-14(25)18-17(13)20(21,19(15)27-18)8-9-22(16)3/h4-6,16,19,25H,7-10H2,1-3H3. The Labute approximate surface area is 162 Å². The summed E-state index contributed by atoms with van der Waals surface area (Å²) in [7, 11) is 2.05. The molecule has 0 radical (unpaired) electrons. The Hall–Kier alpha value is -2.54. The third-order valence-electron chi connectivity index (χ3n) is 6.90. The van der Waals surface area contributed by atoms with Gasteiger partial charge in [-0.25, -0.2) is 0 Å². The molecule has 2 aliphatic heterocycles. The molecule has 7 nitrogen and oxygen atoms in total. The molecule has 7 heteroatoms. The zero-order chi connectivity index (χ0) is 19.8. The van der Waals surface area contributed by atoms with Gasteiger partial charge in [-0.15, -0.1) is 0 Å². The zero-order valence-corrected chi connectivity index (χ0v) is 16.2. The molecule has 4 aliphatic rings. The Morgan fingerprint density at radius 1 is 1.29 bits per heavy atom. The molecule has 148 valence electrons. The second-order valence-electron chi connectivity index (χ2n) is 8.26. The number of phenols is 1. The maximum atomic E-state index is 12.2. The first-order valence-corrected chi connectivity index (χ1v) is 9.60. The highest BCUT2D eigenvalue weighted by Gasteiger charge is 2.74. The van der Waals surface area contributed by atoms with Gasteiger partial charge in [0.05, 0.1) is 11.5 Å². The largest absolute Gasteiger partial charge is 0.504 e. The van der Waals surface area contributed by atoms with Crippen LogP contribution in [0, 0.1) is 0 Å². The minimum Gasteiger partial charge on any atom is -0.504 e. The Balaban J connectivity index is 1.82. The summed E-state index contributed by atoms with van der Waals surface area (Å²) in [5, 5.41) is 10.5. The van der Waals surface area contributed by atoms with Crippen molar-refractivity contribution in [3.8, 4) is 11.5 Å². The molecule has 0 aromatic heterocycles. The van der Waals surface area contributed by atoms with Crippen molar-refractivity contribution in [2.45, 2.75) is 56.3 Å². The van der Waals surface area contributed by atoms with Gasteiger partial charge in [0.2, 0.25) is 0 Å². The molecule has 5 rings (SSSR count). The Morgan fingerprint density at radius 3 is 2.79 bits per heavy atom. The van der Waals surface area contributed by atoms with Crippen LogP contribution in [0.2, 0.25) is 0 Å². The normalized spacial score (nSPS) is 34.8. The minimum absolute atomic E-state index is 0.0330. The summed E-state index contributed by atoms with van der Waals surface area (Å²) in [6, 6.07) is 3.54. The highest BCUT2D eigenvalue weighted by molar-refractivity contribution is 5.71. The van der Waals surface area contributed by atoms with Crippen LogP contribution in [0.25, 0.3) is 0 Å². The number of likely N-dealkylation sites (N-methyl/N-ethyl adjacent to an activating group) is 1. The van der Waals surface area contributed by atoms with Gasteiger partial charge in [-0.2, -0.15) is 0 Å². The van der Waals surface area contributed by atoms with Crippen LogP contribution in [0.4, 0.5) is 0 Å². The predicted molar refractivity (Wildman–Crippen MR) is 97.9 cm³/mol. The number of hydrogen-bond acceptors (Lipinski definition) is 7. The topological polar surface area (TPSA) is 85.3 Å². The van der Waals surface area contributed by atoms with E-state index in [0.29, 0.717) is 30.8 Å². The number of rotatable bonds is 2. The summed E-state index contributed by atoms with van der Waals surface area (Å²) in [5.41, 5.74) is 0.447. The number of piperidine rings is 1. The molecule has 1 aromatic rings. The number of carbonyl (C=O) groups excluding carboxylic acids is 2. The van der Waals surface area contributed by atoms with Crippen LogP contribution < -0.4 is 4.74 Å². The summed E-state index contributed by atoms with van der Waals surface area (Å²) < 4.78 is 17.9. The van der Waals surface area contributed by atoms with Crippen molar-refractivity contribution >= 4 is 11.9 Å². The molecule has 1 fully saturated rings. The van der Waals surface area contributed by atoms with Gasteiger partial charge >= 0.3 is 11.9 Å². The van der Waals surface area contributed by atoms with E-state index in [1.165, 1.54) is 13.8 Å². The lowest BCUT2D eigenvalue weighted by Gasteiger charge is -2.62. The van der Waals surface area contributed by atoms with Crippen LogP contribution in [-0.4, -0.2) is 53.3 Å². The second kappa shape index (κ2) is 5.50. The molecule has 1 saturated heterocycles. The number of aromatic hydroxyl groups is 1. The number of carbonyl (C=O) groups is 2. The fourth-order valence-electron chi connectivity index (χ4n) is 6.03. The highest BCUT2D eigenvalue weighted by Crippen LogP contribution is 2.66. The Morgan fingerprint density at radius 2 is 2.07 bits per heavy atom. The molecular weight excluding hydrogens is 362 g/mol. The van der Waals surface area contributed by atoms with Crippen molar-refractivity contribution in [1.29, 1.82) is 0 Å². The van der Waals surface area contributed by atoms with Crippen LogP contribution in [0.5, 0.6) is 11.5 Å². The monoisotopic (exact) mass is 385 g/mol. The summed E-state index contributed by atoms with van der Waals surface area (Å²) in [4.78, 5) is 26.2. The van der Waals surface area contributed by atoms with Gasteiger partial charge in [-0.05, 0) is 44.1 Å². The maximum absolute atomic E-state index is 12.2. The molecule has 4 atom stereocenters. The van der Waals surface area contributed by atoms with Gasteiger partial charge in [0, 0.05) is 25.8 Å².